The van der Waals surface area contributed by atoms with E-state index in [1.165, 1.54) is 18.3 Å². The van der Waals surface area contributed by atoms with E-state index >= 15 is 0 Å². The van der Waals surface area contributed by atoms with Crippen molar-refractivity contribution in [3.8, 4) is 16.9 Å². The van der Waals surface area contributed by atoms with Gasteiger partial charge in [0.25, 0.3) is 5.91 Å². The van der Waals surface area contributed by atoms with Crippen molar-refractivity contribution in [3.63, 3.8) is 0 Å². The maximum Gasteiger partial charge on any atom is 0.276 e. The van der Waals surface area contributed by atoms with Crippen LogP contribution in [-0.4, -0.2) is 57.9 Å². The van der Waals surface area contributed by atoms with Gasteiger partial charge < -0.3 is 14.9 Å². The van der Waals surface area contributed by atoms with Crippen molar-refractivity contribution in [3.05, 3.63) is 83.9 Å². The zero-order valence-corrected chi connectivity index (χ0v) is 18.4. The highest BCUT2D eigenvalue weighted by Crippen LogP contribution is 2.25. The second-order valence-electron chi connectivity index (χ2n) is 8.12. The van der Waals surface area contributed by atoms with Crippen LogP contribution in [0.4, 0.5) is 4.39 Å². The van der Waals surface area contributed by atoms with E-state index in [2.05, 4.69) is 4.98 Å². The minimum absolute atomic E-state index is 0.00350. The van der Waals surface area contributed by atoms with E-state index < -0.39 is 11.8 Å². The summed E-state index contributed by atoms with van der Waals surface area (Å²) in [5.74, 6) is -1.28. The Hall–Kier alpha value is -3.74. The van der Waals surface area contributed by atoms with Gasteiger partial charge in [-0.05, 0) is 42.7 Å². The summed E-state index contributed by atoms with van der Waals surface area (Å²) in [7, 11) is 0. The normalized spacial score (nSPS) is 16.5. The van der Waals surface area contributed by atoms with Gasteiger partial charge in [-0.3, -0.25) is 9.59 Å². The monoisotopic (exact) mass is 447 g/mol. The molecule has 7 heteroatoms. The fourth-order valence-corrected chi connectivity index (χ4v) is 4.21. The van der Waals surface area contributed by atoms with E-state index in [9.17, 15) is 19.1 Å². The van der Waals surface area contributed by atoms with Gasteiger partial charge in [0.1, 0.15) is 11.6 Å². The number of carbonyl (C=O) groups is 2. The van der Waals surface area contributed by atoms with Crippen LogP contribution in [-0.2, 0) is 11.2 Å². The number of nitrogens with zero attached hydrogens (tertiary/aromatic N) is 3. The first kappa shape index (κ1) is 22.5. The van der Waals surface area contributed by atoms with Crippen molar-refractivity contribution in [2.45, 2.75) is 13.3 Å². The minimum Gasteiger partial charge on any atom is -0.505 e. The first-order valence-corrected chi connectivity index (χ1v) is 11.0. The van der Waals surface area contributed by atoms with Gasteiger partial charge in [-0.1, -0.05) is 42.5 Å². The lowest BCUT2D eigenvalue weighted by Gasteiger charge is -2.23. The number of benzene rings is 2. The molecule has 6 nitrogen and oxygen atoms in total. The van der Waals surface area contributed by atoms with Crippen molar-refractivity contribution >= 4 is 11.8 Å². The summed E-state index contributed by atoms with van der Waals surface area (Å²) in [5.41, 5.74) is 2.21. The summed E-state index contributed by atoms with van der Waals surface area (Å²) in [5, 5.41) is 10.1. The summed E-state index contributed by atoms with van der Waals surface area (Å²) in [6, 6.07) is 17.1. The Morgan fingerprint density at radius 1 is 1.09 bits per heavy atom. The maximum atomic E-state index is 14.1. The molecule has 4 rings (SSSR count). The van der Waals surface area contributed by atoms with E-state index in [0.29, 0.717) is 31.6 Å². The molecule has 1 unspecified atom stereocenters. The lowest BCUT2D eigenvalue weighted by atomic mass is 9.95. The van der Waals surface area contributed by atoms with Crippen molar-refractivity contribution in [2.75, 3.05) is 26.2 Å². The van der Waals surface area contributed by atoms with E-state index in [4.69, 9.17) is 0 Å². The molecule has 2 amide bonds. The van der Waals surface area contributed by atoms with Crippen LogP contribution in [0.15, 0.2) is 66.9 Å². The molecule has 33 heavy (non-hydrogen) atoms. The number of hydrogen-bond acceptors (Lipinski definition) is 4. The second-order valence-corrected chi connectivity index (χ2v) is 8.12. The number of likely N-dealkylation sites (N-methyl/N-ethyl adjacent to an activating group) is 1. The summed E-state index contributed by atoms with van der Waals surface area (Å²) >= 11 is 0. The van der Waals surface area contributed by atoms with Crippen LogP contribution < -0.4 is 0 Å². The number of aromatic hydroxyl groups is 1. The van der Waals surface area contributed by atoms with E-state index in [0.717, 1.165) is 11.1 Å². The number of hydrogen-bond donors (Lipinski definition) is 1. The molecule has 1 atom stereocenters. The zero-order chi connectivity index (χ0) is 23.4. The average molecular weight is 448 g/mol. The van der Waals surface area contributed by atoms with Crippen LogP contribution >= 0.6 is 0 Å². The number of halogens is 1. The highest BCUT2D eigenvalue weighted by atomic mass is 19.1. The molecule has 170 valence electrons. The Morgan fingerprint density at radius 2 is 1.85 bits per heavy atom. The van der Waals surface area contributed by atoms with E-state index in [-0.39, 0.29) is 29.7 Å². The number of carbonyl (C=O) groups excluding carboxylic acids is 2. The van der Waals surface area contributed by atoms with Gasteiger partial charge >= 0.3 is 0 Å². The first-order chi connectivity index (χ1) is 16.0. The van der Waals surface area contributed by atoms with Gasteiger partial charge in [-0.25, -0.2) is 9.37 Å². The van der Waals surface area contributed by atoms with Crippen LogP contribution in [0.2, 0.25) is 0 Å². The smallest absolute Gasteiger partial charge is 0.276 e. The third kappa shape index (κ3) is 4.87. The number of aromatic nitrogens is 1. The lowest BCUT2D eigenvalue weighted by Crippen LogP contribution is -2.38. The van der Waals surface area contributed by atoms with Crippen LogP contribution in [0.3, 0.4) is 0 Å². The van der Waals surface area contributed by atoms with E-state index in [1.54, 1.807) is 34.1 Å². The fourth-order valence-electron chi connectivity index (χ4n) is 4.21. The standard InChI is InChI=1S/C26H26FN3O3/c1-2-29-14-15-30(26(33)24-23(31)8-5-13-28-24)17-20(25(29)32)16-18-9-11-19(12-10-18)21-6-3-4-7-22(21)27/h3-13,20,31H,2,14-17H2,1H3. The predicted octanol–water partition coefficient (Wildman–Crippen LogP) is 3.76. The summed E-state index contributed by atoms with van der Waals surface area (Å²) in [6.07, 6.45) is 1.91. The lowest BCUT2D eigenvalue weighted by molar-refractivity contribution is -0.134. The van der Waals surface area contributed by atoms with Crippen molar-refractivity contribution < 1.29 is 19.1 Å². The average Bonchev–Trinajstić information content (AvgIpc) is 2.98. The minimum atomic E-state index is -0.429. The quantitative estimate of drug-likeness (QED) is 0.647. The topological polar surface area (TPSA) is 73.7 Å². The molecule has 1 N–H and O–H groups in total. The third-order valence-electron chi connectivity index (χ3n) is 6.02. The van der Waals surface area contributed by atoms with Crippen LogP contribution in [0.5, 0.6) is 5.75 Å². The Bertz CT molecular complexity index is 1150. The SMILES string of the molecule is CCN1CCN(C(=O)c2ncccc2O)CC(Cc2ccc(-c3ccccc3F)cc2)C1=O. The Labute approximate surface area is 192 Å². The zero-order valence-electron chi connectivity index (χ0n) is 18.4. The second kappa shape index (κ2) is 9.81. The Morgan fingerprint density at radius 3 is 2.55 bits per heavy atom. The van der Waals surface area contributed by atoms with Crippen LogP contribution in [0, 0.1) is 11.7 Å². The van der Waals surface area contributed by atoms with Crippen LogP contribution in [0.1, 0.15) is 23.0 Å². The molecule has 3 aromatic rings. The number of rotatable bonds is 5. The van der Waals surface area contributed by atoms with Gasteiger partial charge in [0.2, 0.25) is 5.91 Å². The maximum absolute atomic E-state index is 14.1. The van der Waals surface area contributed by atoms with Crippen LogP contribution in [0.25, 0.3) is 11.1 Å². The molecule has 0 spiro atoms. The highest BCUT2D eigenvalue weighted by molar-refractivity contribution is 5.95. The molecule has 0 saturated carbocycles. The molecule has 0 radical (unpaired) electrons. The molecular formula is C26H26FN3O3. The Balaban J connectivity index is 1.55. The van der Waals surface area contributed by atoms with Crippen molar-refractivity contribution in [2.24, 2.45) is 5.92 Å². The predicted molar refractivity (Wildman–Crippen MR) is 123 cm³/mol. The molecular weight excluding hydrogens is 421 g/mol. The molecule has 1 saturated heterocycles. The fraction of sp³-hybridized carbons (Fsp3) is 0.269. The highest BCUT2D eigenvalue weighted by Gasteiger charge is 2.33. The molecule has 1 aliphatic heterocycles. The van der Waals surface area contributed by atoms with Crippen molar-refractivity contribution in [1.29, 1.82) is 0 Å². The molecule has 1 aromatic heterocycles. The number of amides is 2. The summed E-state index contributed by atoms with van der Waals surface area (Å²) in [6.45, 7) is 3.51. The molecule has 2 heterocycles. The largest absolute Gasteiger partial charge is 0.505 e. The van der Waals surface area contributed by atoms with E-state index in [1.807, 2.05) is 31.2 Å². The first-order valence-electron chi connectivity index (χ1n) is 11.0. The third-order valence-corrected chi connectivity index (χ3v) is 6.02. The van der Waals surface area contributed by atoms with Gasteiger partial charge in [0.15, 0.2) is 5.69 Å². The molecule has 0 aliphatic carbocycles. The molecule has 2 aromatic carbocycles. The van der Waals surface area contributed by atoms with Gasteiger partial charge in [-0.2, -0.15) is 0 Å². The summed E-state index contributed by atoms with van der Waals surface area (Å²) < 4.78 is 14.1. The number of pyridine rings is 1. The molecule has 1 fully saturated rings. The van der Waals surface area contributed by atoms with Gasteiger partial charge in [-0.15, -0.1) is 0 Å². The van der Waals surface area contributed by atoms with Gasteiger partial charge in [0, 0.05) is 37.9 Å². The molecule has 1 aliphatic rings. The summed E-state index contributed by atoms with van der Waals surface area (Å²) in [4.78, 5) is 33.6. The van der Waals surface area contributed by atoms with Crippen molar-refractivity contribution in [1.82, 2.24) is 14.8 Å². The Kier molecular flexibility index (Phi) is 6.68. The van der Waals surface area contributed by atoms with Gasteiger partial charge in [0.05, 0.1) is 5.92 Å². The molecule has 0 bridgehead atoms.